The number of alkyl carbamates (subject to hydrolysis) is 1. The van der Waals surface area contributed by atoms with Gasteiger partial charge in [-0.05, 0) is 64.3 Å². The Balaban J connectivity index is 1.85. The van der Waals surface area contributed by atoms with E-state index < -0.39 is 17.5 Å². The Labute approximate surface area is 185 Å². The van der Waals surface area contributed by atoms with Gasteiger partial charge < -0.3 is 15.0 Å². The second kappa shape index (κ2) is 9.21. The molecule has 10 heteroatoms. The molecule has 1 aliphatic rings. The smallest absolute Gasteiger partial charge is 0.407 e. The molecule has 3 rings (SSSR count). The van der Waals surface area contributed by atoms with Crippen LogP contribution in [0.15, 0.2) is 23.0 Å². The fraction of sp³-hybridized carbons (Fsp3) is 0.524. The number of ether oxygens (including phenoxy) is 1. The van der Waals surface area contributed by atoms with Gasteiger partial charge >= 0.3 is 6.09 Å². The molecule has 8 nitrogen and oxygen atoms in total. The summed E-state index contributed by atoms with van der Waals surface area (Å²) in [6.45, 7) is 8.12. The van der Waals surface area contributed by atoms with Crippen LogP contribution in [0.1, 0.15) is 44.9 Å². The molecule has 2 heterocycles. The molecule has 1 amide bonds. The summed E-state index contributed by atoms with van der Waals surface area (Å²) in [5, 5.41) is 11.5. The van der Waals surface area contributed by atoms with Crippen LogP contribution in [0.2, 0.25) is 5.02 Å². The normalized spacial score (nSPS) is 16.8. The molecule has 1 aliphatic heterocycles. The maximum Gasteiger partial charge on any atom is 0.407 e. The number of nitrogens with zero attached hydrogens (tertiary/aromatic N) is 4. The fourth-order valence-electron chi connectivity index (χ4n) is 3.46. The number of benzene rings is 1. The third-order valence-electron chi connectivity index (χ3n) is 4.85. The van der Waals surface area contributed by atoms with Crippen LogP contribution in [0, 0.1) is 12.7 Å². The molecular weight excluding hydrogens is 425 g/mol. The first-order valence-electron chi connectivity index (χ1n) is 10.2. The molecule has 1 aromatic heterocycles. The van der Waals surface area contributed by atoms with E-state index in [0.717, 1.165) is 12.8 Å². The van der Waals surface area contributed by atoms with Gasteiger partial charge in [-0.3, -0.25) is 9.36 Å². The minimum Gasteiger partial charge on any atom is -0.444 e. The molecule has 1 saturated heterocycles. The van der Waals surface area contributed by atoms with Crippen LogP contribution in [-0.4, -0.2) is 45.6 Å². The van der Waals surface area contributed by atoms with Crippen LogP contribution in [-0.2, 0) is 11.3 Å². The third-order valence-corrected chi connectivity index (χ3v) is 5.22. The molecule has 1 fully saturated rings. The Morgan fingerprint density at radius 3 is 2.81 bits per heavy atom. The number of hydrogen-bond donors (Lipinski definition) is 1. The molecule has 0 bridgehead atoms. The molecule has 1 atom stereocenters. The number of rotatable bonds is 4. The maximum atomic E-state index is 13.7. The lowest BCUT2D eigenvalue weighted by atomic mass is 10.1. The van der Waals surface area contributed by atoms with Gasteiger partial charge in [-0.2, -0.15) is 0 Å². The number of anilines is 1. The van der Waals surface area contributed by atoms with Crippen LogP contribution < -0.4 is 15.8 Å². The van der Waals surface area contributed by atoms with Crippen molar-refractivity contribution >= 4 is 23.6 Å². The van der Waals surface area contributed by atoms with Gasteiger partial charge in [-0.25, -0.2) is 9.18 Å². The van der Waals surface area contributed by atoms with Gasteiger partial charge in [-0.15, -0.1) is 10.2 Å². The molecular formula is C21H27ClFN5O3. The number of hydrogen-bond acceptors (Lipinski definition) is 6. The van der Waals surface area contributed by atoms with Gasteiger partial charge in [0, 0.05) is 24.2 Å². The van der Waals surface area contributed by atoms with Gasteiger partial charge in [-0.1, -0.05) is 11.6 Å². The third kappa shape index (κ3) is 5.94. The van der Waals surface area contributed by atoms with E-state index in [2.05, 4.69) is 15.5 Å². The average molecular weight is 452 g/mol. The molecule has 0 aliphatic carbocycles. The van der Waals surface area contributed by atoms with Gasteiger partial charge in [0.15, 0.2) is 0 Å². The minimum atomic E-state index is -0.592. The Kier molecular flexibility index (Phi) is 6.83. The fourth-order valence-corrected chi connectivity index (χ4v) is 3.64. The van der Waals surface area contributed by atoms with E-state index in [1.165, 1.54) is 22.8 Å². The van der Waals surface area contributed by atoms with E-state index in [1.807, 2.05) is 4.90 Å². The van der Waals surface area contributed by atoms with E-state index in [-0.39, 0.29) is 23.8 Å². The summed E-state index contributed by atoms with van der Waals surface area (Å²) in [6, 6.07) is 3.86. The number of carbonyl (C=O) groups is 1. The summed E-state index contributed by atoms with van der Waals surface area (Å²) in [6.07, 6.45) is 1.07. The first-order valence-corrected chi connectivity index (χ1v) is 10.5. The highest BCUT2D eigenvalue weighted by Crippen LogP contribution is 2.22. The van der Waals surface area contributed by atoms with E-state index in [9.17, 15) is 14.0 Å². The zero-order valence-electron chi connectivity index (χ0n) is 18.1. The first-order chi connectivity index (χ1) is 14.5. The highest BCUT2D eigenvalue weighted by molar-refractivity contribution is 6.31. The lowest BCUT2D eigenvalue weighted by molar-refractivity contribution is 0.0499. The number of nitrogens with one attached hydrogen (secondary N) is 1. The van der Waals surface area contributed by atoms with E-state index in [1.54, 1.807) is 27.7 Å². The summed E-state index contributed by atoms with van der Waals surface area (Å²) in [4.78, 5) is 26.9. The molecule has 0 spiro atoms. The quantitative estimate of drug-likeness (QED) is 0.767. The molecule has 0 radical (unpaired) electrons. The van der Waals surface area contributed by atoms with Crippen molar-refractivity contribution in [3.8, 4) is 0 Å². The Morgan fingerprint density at radius 2 is 2.10 bits per heavy atom. The van der Waals surface area contributed by atoms with Crippen molar-refractivity contribution in [2.24, 2.45) is 0 Å². The summed E-state index contributed by atoms with van der Waals surface area (Å²) in [7, 11) is 0. The molecule has 0 unspecified atom stereocenters. The van der Waals surface area contributed by atoms with Crippen molar-refractivity contribution < 1.29 is 13.9 Å². The SMILES string of the molecule is Cc1nnc(N2CCC[C@@H](NC(=O)OC(C)(C)C)C2)n(Cc2cc(F)ccc2Cl)c1=O. The second-order valence-electron chi connectivity index (χ2n) is 8.64. The van der Waals surface area contributed by atoms with Gasteiger partial charge in [0.1, 0.15) is 17.1 Å². The lowest BCUT2D eigenvalue weighted by Crippen LogP contribution is -2.50. The highest BCUT2D eigenvalue weighted by Gasteiger charge is 2.27. The molecule has 0 saturated carbocycles. The van der Waals surface area contributed by atoms with Gasteiger partial charge in [0.2, 0.25) is 5.95 Å². The number of carbonyl (C=O) groups excluding carboxylic acids is 1. The number of amides is 1. The topological polar surface area (TPSA) is 89.3 Å². The largest absolute Gasteiger partial charge is 0.444 e. The number of aromatic nitrogens is 3. The van der Waals surface area contributed by atoms with Crippen LogP contribution in [0.4, 0.5) is 15.1 Å². The highest BCUT2D eigenvalue weighted by atomic mass is 35.5. The predicted molar refractivity (Wildman–Crippen MR) is 116 cm³/mol. The Bertz CT molecular complexity index is 1020. The summed E-state index contributed by atoms with van der Waals surface area (Å²) < 4.78 is 20.5. The Hall–Kier alpha value is -2.68. The summed E-state index contributed by atoms with van der Waals surface area (Å²) >= 11 is 6.22. The standard InChI is InChI=1S/C21H27ClFN5O3/c1-13-18(29)28(11-14-10-15(23)7-8-17(14)22)19(26-25-13)27-9-5-6-16(12-27)24-20(30)31-21(2,3)4/h7-8,10,16H,5-6,9,11-12H2,1-4H3,(H,24,30)/t16-/m1/s1. The monoisotopic (exact) mass is 451 g/mol. The zero-order valence-corrected chi connectivity index (χ0v) is 18.9. The van der Waals surface area contributed by atoms with Crippen molar-refractivity contribution in [1.82, 2.24) is 20.1 Å². The van der Waals surface area contributed by atoms with Crippen molar-refractivity contribution in [2.75, 3.05) is 18.0 Å². The van der Waals surface area contributed by atoms with Crippen molar-refractivity contribution in [3.05, 3.63) is 50.7 Å². The number of halogens is 2. The van der Waals surface area contributed by atoms with Gasteiger partial charge in [0.25, 0.3) is 5.56 Å². The van der Waals surface area contributed by atoms with Crippen LogP contribution in [0.3, 0.4) is 0 Å². The molecule has 31 heavy (non-hydrogen) atoms. The van der Waals surface area contributed by atoms with Crippen molar-refractivity contribution in [3.63, 3.8) is 0 Å². The zero-order chi connectivity index (χ0) is 22.8. The predicted octanol–water partition coefficient (Wildman–Crippen LogP) is 3.28. The summed E-state index contributed by atoms with van der Waals surface area (Å²) in [5.74, 6) is -0.0843. The molecule has 2 aromatic rings. The van der Waals surface area contributed by atoms with E-state index in [4.69, 9.17) is 16.3 Å². The molecule has 1 aromatic carbocycles. The number of aryl methyl sites for hydroxylation is 1. The average Bonchev–Trinajstić information content (AvgIpc) is 2.67. The number of piperidine rings is 1. The summed E-state index contributed by atoms with van der Waals surface area (Å²) in [5.41, 5.74) is -0.215. The van der Waals surface area contributed by atoms with E-state index >= 15 is 0 Å². The lowest BCUT2D eigenvalue weighted by Gasteiger charge is -2.34. The van der Waals surface area contributed by atoms with Crippen LogP contribution in [0.25, 0.3) is 0 Å². The second-order valence-corrected chi connectivity index (χ2v) is 9.05. The molecule has 1 N–H and O–H groups in total. The van der Waals surface area contributed by atoms with Crippen LogP contribution in [0.5, 0.6) is 0 Å². The van der Waals surface area contributed by atoms with Gasteiger partial charge in [0.05, 0.1) is 6.54 Å². The molecule has 168 valence electrons. The maximum absolute atomic E-state index is 13.7. The Morgan fingerprint density at radius 1 is 1.35 bits per heavy atom. The van der Waals surface area contributed by atoms with Crippen molar-refractivity contribution in [2.45, 2.75) is 58.7 Å². The minimum absolute atomic E-state index is 0.0573. The van der Waals surface area contributed by atoms with Crippen molar-refractivity contribution in [1.29, 1.82) is 0 Å². The van der Waals surface area contributed by atoms with Crippen LogP contribution >= 0.6 is 11.6 Å². The first kappa shape index (κ1) is 23.0. The van der Waals surface area contributed by atoms with E-state index in [0.29, 0.717) is 29.6 Å².